The fourth-order valence-corrected chi connectivity index (χ4v) is 3.89. The van der Waals surface area contributed by atoms with Crippen molar-refractivity contribution in [3.8, 4) is 0 Å². The number of fused-ring (bicyclic) bond motifs is 1. The summed E-state index contributed by atoms with van der Waals surface area (Å²) in [5, 5.41) is 4.26. The Kier molecular flexibility index (Phi) is 3.51. The predicted octanol–water partition coefficient (Wildman–Crippen LogP) is 2.86. The van der Waals surface area contributed by atoms with Crippen molar-refractivity contribution in [3.05, 3.63) is 18.6 Å². The summed E-state index contributed by atoms with van der Waals surface area (Å²) < 4.78 is 1.68. The SMILES string of the molecule is CCC1CCC(C(=O)Cn2ncc3nccnc32)C1(C)C. The zero-order valence-corrected chi connectivity index (χ0v) is 12.9. The number of hydrogen-bond donors (Lipinski definition) is 0. The van der Waals surface area contributed by atoms with E-state index in [-0.39, 0.29) is 17.1 Å². The lowest BCUT2D eigenvalue weighted by atomic mass is 9.73. The van der Waals surface area contributed by atoms with Crippen molar-refractivity contribution in [1.29, 1.82) is 0 Å². The minimum Gasteiger partial charge on any atom is -0.297 e. The highest BCUT2D eigenvalue weighted by atomic mass is 16.1. The highest BCUT2D eigenvalue weighted by molar-refractivity contribution is 5.83. The van der Waals surface area contributed by atoms with Gasteiger partial charge >= 0.3 is 0 Å². The van der Waals surface area contributed by atoms with Crippen LogP contribution in [0.2, 0.25) is 0 Å². The van der Waals surface area contributed by atoms with Gasteiger partial charge in [-0.2, -0.15) is 5.10 Å². The standard InChI is InChI=1S/C16H22N4O/c1-4-11-5-6-12(16(11,2)3)14(21)10-20-15-13(9-19-20)17-7-8-18-15/h7-9,11-12H,4-6,10H2,1-3H3. The molecule has 1 saturated carbocycles. The molecule has 2 unspecified atom stereocenters. The summed E-state index contributed by atoms with van der Waals surface area (Å²) >= 11 is 0. The van der Waals surface area contributed by atoms with E-state index in [0.717, 1.165) is 24.8 Å². The first kappa shape index (κ1) is 14.2. The van der Waals surface area contributed by atoms with Crippen LogP contribution in [0, 0.1) is 17.3 Å². The quantitative estimate of drug-likeness (QED) is 0.867. The van der Waals surface area contributed by atoms with Crippen LogP contribution in [0.3, 0.4) is 0 Å². The van der Waals surface area contributed by atoms with Crippen molar-refractivity contribution in [1.82, 2.24) is 19.7 Å². The van der Waals surface area contributed by atoms with Crippen LogP contribution in [-0.4, -0.2) is 25.5 Å². The van der Waals surface area contributed by atoms with Gasteiger partial charge in [0.15, 0.2) is 11.4 Å². The van der Waals surface area contributed by atoms with E-state index in [9.17, 15) is 4.79 Å². The molecule has 0 amide bonds. The van der Waals surface area contributed by atoms with Crippen molar-refractivity contribution in [2.45, 2.75) is 46.6 Å². The van der Waals surface area contributed by atoms with Gasteiger partial charge in [-0.05, 0) is 24.2 Å². The van der Waals surface area contributed by atoms with Gasteiger partial charge in [0, 0.05) is 18.3 Å². The summed E-state index contributed by atoms with van der Waals surface area (Å²) in [4.78, 5) is 21.2. The number of rotatable bonds is 4. The van der Waals surface area contributed by atoms with Gasteiger partial charge in [0.25, 0.3) is 0 Å². The molecule has 1 fully saturated rings. The highest BCUT2D eigenvalue weighted by Gasteiger charge is 2.45. The first-order chi connectivity index (χ1) is 10.0. The third-order valence-corrected chi connectivity index (χ3v) is 5.21. The molecule has 0 N–H and O–H groups in total. The van der Waals surface area contributed by atoms with Gasteiger partial charge in [-0.15, -0.1) is 0 Å². The maximum Gasteiger partial charge on any atom is 0.177 e. The lowest BCUT2D eigenvalue weighted by molar-refractivity contribution is -0.126. The predicted molar refractivity (Wildman–Crippen MR) is 80.6 cm³/mol. The summed E-state index contributed by atoms with van der Waals surface area (Å²) in [5.41, 5.74) is 1.51. The average molecular weight is 286 g/mol. The Morgan fingerprint density at radius 3 is 2.81 bits per heavy atom. The minimum absolute atomic E-state index is 0.0838. The number of carbonyl (C=O) groups is 1. The molecule has 0 bridgehead atoms. The van der Waals surface area contributed by atoms with Gasteiger partial charge in [0.1, 0.15) is 12.1 Å². The van der Waals surface area contributed by atoms with E-state index in [0.29, 0.717) is 18.1 Å². The Bertz CT molecular complexity index is 661. The topological polar surface area (TPSA) is 60.7 Å². The number of carbonyl (C=O) groups excluding carboxylic acids is 1. The molecule has 0 spiro atoms. The van der Waals surface area contributed by atoms with Gasteiger partial charge in [0.05, 0.1) is 6.20 Å². The van der Waals surface area contributed by atoms with Crippen LogP contribution in [0.25, 0.3) is 11.2 Å². The molecule has 5 heteroatoms. The molecule has 21 heavy (non-hydrogen) atoms. The number of aromatic nitrogens is 4. The van der Waals surface area contributed by atoms with Crippen LogP contribution < -0.4 is 0 Å². The molecular formula is C16H22N4O. The fourth-order valence-electron chi connectivity index (χ4n) is 3.89. The van der Waals surface area contributed by atoms with Crippen LogP contribution in [0.5, 0.6) is 0 Å². The highest BCUT2D eigenvalue weighted by Crippen LogP contribution is 2.49. The maximum atomic E-state index is 12.7. The minimum atomic E-state index is 0.0838. The third kappa shape index (κ3) is 2.34. The summed E-state index contributed by atoms with van der Waals surface area (Å²) in [5.74, 6) is 1.03. The van der Waals surface area contributed by atoms with Gasteiger partial charge in [-0.25, -0.2) is 14.6 Å². The van der Waals surface area contributed by atoms with E-state index in [1.165, 1.54) is 0 Å². The lowest BCUT2D eigenvalue weighted by Gasteiger charge is -2.31. The Balaban J connectivity index is 1.81. The van der Waals surface area contributed by atoms with Gasteiger partial charge < -0.3 is 0 Å². The molecule has 2 aromatic rings. The van der Waals surface area contributed by atoms with Crippen molar-refractivity contribution in [2.24, 2.45) is 17.3 Å². The summed E-state index contributed by atoms with van der Waals surface area (Å²) in [6, 6.07) is 0. The molecule has 112 valence electrons. The largest absolute Gasteiger partial charge is 0.297 e. The summed E-state index contributed by atoms with van der Waals surface area (Å²) in [7, 11) is 0. The van der Waals surface area contributed by atoms with E-state index < -0.39 is 0 Å². The summed E-state index contributed by atoms with van der Waals surface area (Å²) in [6.45, 7) is 6.98. The van der Waals surface area contributed by atoms with Crippen molar-refractivity contribution in [2.75, 3.05) is 0 Å². The second-order valence-corrected chi connectivity index (χ2v) is 6.59. The summed E-state index contributed by atoms with van der Waals surface area (Å²) in [6.07, 6.45) is 8.24. The zero-order valence-electron chi connectivity index (χ0n) is 12.9. The molecule has 0 saturated heterocycles. The normalized spacial score (nSPS) is 24.5. The molecule has 1 aliphatic rings. The Morgan fingerprint density at radius 2 is 2.10 bits per heavy atom. The van der Waals surface area contributed by atoms with Crippen LogP contribution in [-0.2, 0) is 11.3 Å². The smallest absolute Gasteiger partial charge is 0.177 e. The van der Waals surface area contributed by atoms with Gasteiger partial charge in [-0.1, -0.05) is 27.2 Å². The van der Waals surface area contributed by atoms with Crippen molar-refractivity contribution < 1.29 is 4.79 Å². The van der Waals surface area contributed by atoms with Crippen LogP contribution in [0.4, 0.5) is 0 Å². The third-order valence-electron chi connectivity index (χ3n) is 5.21. The monoisotopic (exact) mass is 286 g/mol. The van der Waals surface area contributed by atoms with E-state index in [2.05, 4.69) is 35.8 Å². The number of ketones is 1. The first-order valence-electron chi connectivity index (χ1n) is 7.69. The van der Waals surface area contributed by atoms with E-state index in [4.69, 9.17) is 0 Å². The molecular weight excluding hydrogens is 264 g/mol. The van der Waals surface area contributed by atoms with Gasteiger partial charge in [0.2, 0.25) is 0 Å². The van der Waals surface area contributed by atoms with E-state index in [1.54, 1.807) is 23.3 Å². The van der Waals surface area contributed by atoms with Crippen molar-refractivity contribution >= 4 is 16.9 Å². The van der Waals surface area contributed by atoms with Crippen LogP contribution in [0.1, 0.15) is 40.0 Å². The number of nitrogens with zero attached hydrogens (tertiary/aromatic N) is 4. The molecule has 0 radical (unpaired) electrons. The second kappa shape index (κ2) is 5.20. The number of hydrogen-bond acceptors (Lipinski definition) is 4. The second-order valence-electron chi connectivity index (χ2n) is 6.59. The molecule has 1 aliphatic carbocycles. The molecule has 0 aliphatic heterocycles. The lowest BCUT2D eigenvalue weighted by Crippen LogP contribution is -2.32. The molecule has 3 rings (SSSR count). The first-order valence-corrected chi connectivity index (χ1v) is 7.69. The zero-order chi connectivity index (χ0) is 15.0. The fraction of sp³-hybridized carbons (Fsp3) is 0.625. The molecule has 5 nitrogen and oxygen atoms in total. The number of Topliss-reactive ketones (excluding diaryl/α,β-unsaturated/α-hetero) is 1. The molecule has 2 atom stereocenters. The Labute approximate surface area is 124 Å². The molecule has 2 aromatic heterocycles. The molecule has 0 aromatic carbocycles. The Morgan fingerprint density at radius 1 is 1.33 bits per heavy atom. The van der Waals surface area contributed by atoms with Crippen LogP contribution >= 0.6 is 0 Å². The van der Waals surface area contributed by atoms with E-state index in [1.807, 2.05) is 0 Å². The van der Waals surface area contributed by atoms with Crippen LogP contribution in [0.15, 0.2) is 18.6 Å². The van der Waals surface area contributed by atoms with Gasteiger partial charge in [-0.3, -0.25) is 4.79 Å². The van der Waals surface area contributed by atoms with E-state index >= 15 is 0 Å². The average Bonchev–Trinajstić information content (AvgIpc) is 2.99. The maximum absolute atomic E-state index is 12.7. The Hall–Kier alpha value is -1.78. The molecule has 2 heterocycles. The van der Waals surface area contributed by atoms with Crippen molar-refractivity contribution in [3.63, 3.8) is 0 Å².